The molecule has 0 fully saturated rings. The molecule has 3 heteroatoms. The second kappa shape index (κ2) is 2.29. The minimum atomic E-state index is -0.905. The molecule has 0 radical (unpaired) electrons. The molecule has 0 unspecified atom stereocenters. The maximum Gasteiger partial charge on any atom is 0.184 e. The van der Waals surface area contributed by atoms with Crippen LogP contribution in [0.3, 0.4) is 0 Å². The van der Waals surface area contributed by atoms with E-state index in [1.165, 1.54) is 12.2 Å². The summed E-state index contributed by atoms with van der Waals surface area (Å²) in [6.07, 6.45) is 1.25. The molecule has 1 aliphatic rings. The van der Waals surface area contributed by atoms with Crippen LogP contribution in [-0.4, -0.2) is 23.3 Å². The Hall–Kier alpha value is -0.670. The Bertz CT molecular complexity index is 150. The van der Waals surface area contributed by atoms with E-state index in [4.69, 9.17) is 9.84 Å². The van der Waals surface area contributed by atoms with Crippen molar-refractivity contribution >= 4 is 5.78 Å². The van der Waals surface area contributed by atoms with Crippen molar-refractivity contribution in [3.63, 3.8) is 0 Å². The van der Waals surface area contributed by atoms with E-state index < -0.39 is 12.4 Å². The third kappa shape index (κ3) is 1.37. The Balaban J connectivity index is 2.65. The van der Waals surface area contributed by atoms with E-state index in [1.54, 1.807) is 6.92 Å². The molecule has 2 atom stereocenters. The molecule has 0 aromatic carbocycles. The van der Waals surface area contributed by atoms with Gasteiger partial charge in [0.2, 0.25) is 0 Å². The molecule has 0 saturated heterocycles. The highest BCUT2D eigenvalue weighted by atomic mass is 16.6. The summed E-state index contributed by atoms with van der Waals surface area (Å²) in [7, 11) is 0. The average Bonchev–Trinajstić information content (AvgIpc) is 1.80. The topological polar surface area (TPSA) is 46.5 Å². The predicted octanol–water partition coefficient (Wildman–Crippen LogP) is -0.151. The van der Waals surface area contributed by atoms with Gasteiger partial charge in [0.25, 0.3) is 0 Å². The van der Waals surface area contributed by atoms with Crippen molar-refractivity contribution in [1.82, 2.24) is 0 Å². The van der Waals surface area contributed by atoms with Gasteiger partial charge in [-0.3, -0.25) is 4.79 Å². The number of ketones is 1. The Morgan fingerprint density at radius 3 is 2.89 bits per heavy atom. The lowest BCUT2D eigenvalue weighted by Gasteiger charge is -2.16. The highest BCUT2D eigenvalue weighted by Crippen LogP contribution is 2.05. The molecule has 1 rings (SSSR count). The highest BCUT2D eigenvalue weighted by Gasteiger charge is 2.18. The molecule has 9 heavy (non-hydrogen) atoms. The van der Waals surface area contributed by atoms with Gasteiger partial charge in [0.05, 0.1) is 0 Å². The van der Waals surface area contributed by atoms with Crippen LogP contribution in [0.15, 0.2) is 12.2 Å². The van der Waals surface area contributed by atoms with Crippen molar-refractivity contribution in [3.8, 4) is 0 Å². The average molecular weight is 128 g/mol. The number of carbonyl (C=O) groups excluding carboxylic acids is 1. The van der Waals surface area contributed by atoms with Crippen LogP contribution in [0.4, 0.5) is 0 Å². The summed E-state index contributed by atoms with van der Waals surface area (Å²) in [5, 5.41) is 8.74. The molecule has 1 aliphatic heterocycles. The van der Waals surface area contributed by atoms with E-state index in [9.17, 15) is 4.79 Å². The van der Waals surface area contributed by atoms with Gasteiger partial charge in [0.1, 0.15) is 6.10 Å². The van der Waals surface area contributed by atoms with Gasteiger partial charge in [0, 0.05) is 0 Å². The zero-order chi connectivity index (χ0) is 6.85. The van der Waals surface area contributed by atoms with Gasteiger partial charge in [0.15, 0.2) is 12.1 Å². The van der Waals surface area contributed by atoms with Gasteiger partial charge >= 0.3 is 0 Å². The minimum Gasteiger partial charge on any atom is -0.365 e. The van der Waals surface area contributed by atoms with Crippen LogP contribution < -0.4 is 0 Å². The molecule has 0 amide bonds. The maximum atomic E-state index is 10.6. The molecule has 0 bridgehead atoms. The maximum absolute atomic E-state index is 10.6. The molecular weight excluding hydrogens is 120 g/mol. The smallest absolute Gasteiger partial charge is 0.184 e. The summed E-state index contributed by atoms with van der Waals surface area (Å²) < 4.78 is 4.72. The van der Waals surface area contributed by atoms with Crippen molar-refractivity contribution in [3.05, 3.63) is 12.2 Å². The van der Waals surface area contributed by atoms with Gasteiger partial charge in [-0.1, -0.05) is 0 Å². The third-order valence-corrected chi connectivity index (χ3v) is 1.17. The SMILES string of the molecule is C[C@H]1O[C@H](O)C=CC1=O. The Morgan fingerprint density at radius 2 is 2.44 bits per heavy atom. The zero-order valence-corrected chi connectivity index (χ0v) is 5.07. The Labute approximate surface area is 52.9 Å². The molecule has 3 nitrogen and oxygen atoms in total. The van der Waals surface area contributed by atoms with Gasteiger partial charge < -0.3 is 9.84 Å². The number of hydrogen-bond acceptors (Lipinski definition) is 3. The number of carbonyl (C=O) groups is 1. The summed E-state index contributed by atoms with van der Waals surface area (Å²) in [6.45, 7) is 1.61. The van der Waals surface area contributed by atoms with Gasteiger partial charge in [-0.05, 0) is 19.1 Å². The summed E-state index contributed by atoms with van der Waals surface area (Å²) in [5.74, 6) is -0.0969. The van der Waals surface area contributed by atoms with Crippen LogP contribution in [0.1, 0.15) is 6.92 Å². The second-order valence-corrected chi connectivity index (χ2v) is 1.93. The number of rotatable bonds is 0. The first kappa shape index (κ1) is 6.45. The summed E-state index contributed by atoms with van der Waals surface area (Å²) in [6, 6.07) is 0. The van der Waals surface area contributed by atoms with Crippen molar-refractivity contribution in [1.29, 1.82) is 0 Å². The van der Waals surface area contributed by atoms with Crippen LogP contribution in [0.2, 0.25) is 0 Å². The third-order valence-electron chi connectivity index (χ3n) is 1.17. The fourth-order valence-electron chi connectivity index (χ4n) is 0.634. The van der Waals surface area contributed by atoms with Crippen molar-refractivity contribution in [2.75, 3.05) is 0 Å². The standard InChI is InChI=1S/C6H8O3/c1-4-5(7)2-3-6(8)9-4/h2-4,6,8H,1H3/t4-,6+/m1/s1. The lowest BCUT2D eigenvalue weighted by Crippen LogP contribution is -2.28. The number of aliphatic hydroxyl groups is 1. The van der Waals surface area contributed by atoms with Crippen LogP contribution in [-0.2, 0) is 9.53 Å². The van der Waals surface area contributed by atoms with Crippen LogP contribution in [0.25, 0.3) is 0 Å². The Kier molecular flexibility index (Phi) is 1.64. The quantitative estimate of drug-likeness (QED) is 0.493. The highest BCUT2D eigenvalue weighted by molar-refractivity contribution is 5.93. The fourth-order valence-corrected chi connectivity index (χ4v) is 0.634. The summed E-state index contributed by atoms with van der Waals surface area (Å²) in [4.78, 5) is 10.6. The molecule has 50 valence electrons. The predicted molar refractivity (Wildman–Crippen MR) is 30.7 cm³/mol. The van der Waals surface area contributed by atoms with Gasteiger partial charge in [-0.25, -0.2) is 0 Å². The van der Waals surface area contributed by atoms with Crippen molar-refractivity contribution in [2.45, 2.75) is 19.3 Å². The van der Waals surface area contributed by atoms with Gasteiger partial charge in [-0.15, -0.1) is 0 Å². The molecule has 0 aliphatic carbocycles. The normalized spacial score (nSPS) is 35.1. The first-order valence-corrected chi connectivity index (χ1v) is 2.76. The second-order valence-electron chi connectivity index (χ2n) is 1.93. The first-order valence-electron chi connectivity index (χ1n) is 2.76. The molecule has 0 saturated carbocycles. The van der Waals surface area contributed by atoms with E-state index in [1.807, 2.05) is 0 Å². The monoisotopic (exact) mass is 128 g/mol. The van der Waals surface area contributed by atoms with E-state index >= 15 is 0 Å². The number of aliphatic hydroxyl groups excluding tert-OH is 1. The lowest BCUT2D eigenvalue weighted by atomic mass is 10.2. The molecule has 0 aromatic rings. The minimum absolute atomic E-state index is 0.0969. The van der Waals surface area contributed by atoms with E-state index in [0.717, 1.165) is 0 Å². The Morgan fingerprint density at radius 1 is 1.78 bits per heavy atom. The van der Waals surface area contributed by atoms with Crippen molar-refractivity contribution in [2.24, 2.45) is 0 Å². The molecular formula is C6H8O3. The summed E-state index contributed by atoms with van der Waals surface area (Å²) in [5.41, 5.74) is 0. The molecule has 0 aromatic heterocycles. The first-order chi connectivity index (χ1) is 4.20. The van der Waals surface area contributed by atoms with Gasteiger partial charge in [-0.2, -0.15) is 0 Å². The van der Waals surface area contributed by atoms with Crippen molar-refractivity contribution < 1.29 is 14.6 Å². The lowest BCUT2D eigenvalue weighted by molar-refractivity contribution is -0.145. The zero-order valence-electron chi connectivity index (χ0n) is 5.07. The molecule has 0 spiro atoms. The number of ether oxygens (including phenoxy) is 1. The molecule has 1 N–H and O–H groups in total. The fraction of sp³-hybridized carbons (Fsp3) is 0.500. The van der Waals surface area contributed by atoms with E-state index in [2.05, 4.69) is 0 Å². The summed E-state index contributed by atoms with van der Waals surface area (Å²) >= 11 is 0. The van der Waals surface area contributed by atoms with E-state index in [0.29, 0.717) is 0 Å². The number of hydrogen-bond donors (Lipinski definition) is 1. The molecule has 1 heterocycles. The van der Waals surface area contributed by atoms with Crippen LogP contribution >= 0.6 is 0 Å². The van der Waals surface area contributed by atoms with E-state index in [-0.39, 0.29) is 5.78 Å². The van der Waals surface area contributed by atoms with Crippen LogP contribution in [0.5, 0.6) is 0 Å². The van der Waals surface area contributed by atoms with Crippen LogP contribution in [0, 0.1) is 0 Å². The largest absolute Gasteiger partial charge is 0.365 e.